The maximum absolute atomic E-state index is 8.85. The molecular formula is C27H39NO. The lowest BCUT2D eigenvalue weighted by Crippen LogP contribution is -2.36. The molecule has 2 fully saturated rings. The molecule has 2 aliphatic carbocycles. The Morgan fingerprint density at radius 1 is 1.00 bits per heavy atom. The SMILES string of the molecule is CCCCCc1ccc(C2CCC(C3CCC(C=CC#N)(OC)CC3)CC2)cc1. The van der Waals surface area contributed by atoms with Crippen molar-refractivity contribution in [2.45, 2.75) is 95.5 Å². The quantitative estimate of drug-likeness (QED) is 0.342. The number of ether oxygens (including phenoxy) is 1. The highest BCUT2D eigenvalue weighted by Gasteiger charge is 2.37. The molecule has 158 valence electrons. The Hall–Kier alpha value is -1.59. The third kappa shape index (κ3) is 5.95. The predicted octanol–water partition coefficient (Wildman–Crippen LogP) is 7.35. The fourth-order valence-corrected chi connectivity index (χ4v) is 5.69. The number of benzene rings is 1. The van der Waals surface area contributed by atoms with Gasteiger partial charge in [-0.25, -0.2) is 0 Å². The fraction of sp³-hybridized carbons (Fsp3) is 0.667. The Balaban J connectivity index is 1.46. The van der Waals surface area contributed by atoms with Crippen molar-refractivity contribution in [3.05, 3.63) is 47.5 Å². The Morgan fingerprint density at radius 2 is 1.66 bits per heavy atom. The summed E-state index contributed by atoms with van der Waals surface area (Å²) in [6, 6.07) is 11.7. The van der Waals surface area contributed by atoms with Gasteiger partial charge in [-0.2, -0.15) is 5.26 Å². The fourth-order valence-electron chi connectivity index (χ4n) is 5.69. The standard InChI is InChI=1S/C27H39NO/c1-3-4-5-7-22-8-10-23(11-9-22)24-12-14-25(15-13-24)26-16-19-27(29-2,20-17-26)18-6-21-28/h6,8-11,18,24-26H,3-5,7,12-17,19-20H2,1-2H3. The number of nitrogens with zero attached hydrogens (tertiary/aromatic N) is 1. The normalized spacial score (nSPS) is 30.3. The number of nitriles is 1. The second-order valence-electron chi connectivity index (χ2n) is 9.38. The van der Waals surface area contributed by atoms with Crippen LogP contribution in [0.25, 0.3) is 0 Å². The van der Waals surface area contributed by atoms with Crippen LogP contribution in [0.3, 0.4) is 0 Å². The van der Waals surface area contributed by atoms with Gasteiger partial charge in [-0.05, 0) is 99.2 Å². The van der Waals surface area contributed by atoms with Gasteiger partial charge in [0.25, 0.3) is 0 Å². The lowest BCUT2D eigenvalue weighted by molar-refractivity contribution is -0.0192. The van der Waals surface area contributed by atoms with Gasteiger partial charge in [0, 0.05) is 13.2 Å². The number of aryl methyl sites for hydroxylation is 1. The van der Waals surface area contributed by atoms with Gasteiger partial charge >= 0.3 is 0 Å². The maximum atomic E-state index is 8.85. The summed E-state index contributed by atoms with van der Waals surface area (Å²) in [6.07, 6.45) is 18.8. The number of unbranched alkanes of at least 4 members (excludes halogenated alkanes) is 2. The van der Waals surface area contributed by atoms with E-state index in [1.165, 1.54) is 69.8 Å². The van der Waals surface area contributed by atoms with Gasteiger partial charge in [-0.1, -0.05) is 44.0 Å². The predicted molar refractivity (Wildman–Crippen MR) is 121 cm³/mol. The van der Waals surface area contributed by atoms with Crippen LogP contribution < -0.4 is 0 Å². The molecule has 0 aliphatic heterocycles. The summed E-state index contributed by atoms with van der Waals surface area (Å²) < 4.78 is 5.79. The number of rotatable bonds is 8. The van der Waals surface area contributed by atoms with Crippen LogP contribution in [0, 0.1) is 23.2 Å². The van der Waals surface area contributed by atoms with Crippen molar-refractivity contribution in [1.82, 2.24) is 0 Å². The topological polar surface area (TPSA) is 33.0 Å². The maximum Gasteiger partial charge on any atom is 0.0909 e. The van der Waals surface area contributed by atoms with Crippen LogP contribution in [0.5, 0.6) is 0 Å². The van der Waals surface area contributed by atoms with E-state index in [2.05, 4.69) is 37.3 Å². The molecule has 0 unspecified atom stereocenters. The van der Waals surface area contributed by atoms with Crippen LogP contribution in [-0.2, 0) is 11.2 Å². The minimum atomic E-state index is -0.192. The zero-order chi connectivity index (χ0) is 20.5. The van der Waals surface area contributed by atoms with Crippen molar-refractivity contribution in [2.75, 3.05) is 7.11 Å². The number of allylic oxidation sites excluding steroid dienone is 1. The van der Waals surface area contributed by atoms with E-state index < -0.39 is 0 Å². The van der Waals surface area contributed by atoms with Gasteiger partial charge in [0.15, 0.2) is 0 Å². The monoisotopic (exact) mass is 393 g/mol. The summed E-state index contributed by atoms with van der Waals surface area (Å²) >= 11 is 0. The summed E-state index contributed by atoms with van der Waals surface area (Å²) in [7, 11) is 1.79. The van der Waals surface area contributed by atoms with Crippen LogP contribution in [0.15, 0.2) is 36.4 Å². The highest BCUT2D eigenvalue weighted by molar-refractivity contribution is 5.26. The molecule has 0 amide bonds. The summed E-state index contributed by atoms with van der Waals surface area (Å²) in [4.78, 5) is 0. The summed E-state index contributed by atoms with van der Waals surface area (Å²) in [6.45, 7) is 2.27. The van der Waals surface area contributed by atoms with Crippen molar-refractivity contribution in [3.63, 3.8) is 0 Å². The highest BCUT2D eigenvalue weighted by atomic mass is 16.5. The molecule has 1 aromatic rings. The van der Waals surface area contributed by atoms with Gasteiger partial charge in [0.05, 0.1) is 11.7 Å². The molecule has 2 nitrogen and oxygen atoms in total. The van der Waals surface area contributed by atoms with Crippen molar-refractivity contribution >= 4 is 0 Å². The molecule has 2 saturated carbocycles. The molecule has 29 heavy (non-hydrogen) atoms. The smallest absolute Gasteiger partial charge is 0.0909 e. The van der Waals surface area contributed by atoms with Gasteiger partial charge in [-0.3, -0.25) is 0 Å². The molecule has 2 aliphatic rings. The number of hydrogen-bond donors (Lipinski definition) is 0. The van der Waals surface area contributed by atoms with E-state index in [1.807, 2.05) is 6.08 Å². The second kappa shape index (κ2) is 11.0. The van der Waals surface area contributed by atoms with Crippen LogP contribution >= 0.6 is 0 Å². The van der Waals surface area contributed by atoms with Gasteiger partial charge in [0.2, 0.25) is 0 Å². The summed E-state index contributed by atoms with van der Waals surface area (Å²) in [5.41, 5.74) is 2.87. The molecule has 0 aromatic heterocycles. The highest BCUT2D eigenvalue weighted by Crippen LogP contribution is 2.45. The van der Waals surface area contributed by atoms with E-state index in [-0.39, 0.29) is 5.60 Å². The zero-order valence-corrected chi connectivity index (χ0v) is 18.5. The molecule has 0 atom stereocenters. The molecule has 0 bridgehead atoms. The van der Waals surface area contributed by atoms with E-state index >= 15 is 0 Å². The molecule has 0 N–H and O–H groups in total. The van der Waals surface area contributed by atoms with Gasteiger partial charge in [-0.15, -0.1) is 0 Å². The van der Waals surface area contributed by atoms with E-state index in [4.69, 9.17) is 10.00 Å². The van der Waals surface area contributed by atoms with E-state index in [9.17, 15) is 0 Å². The van der Waals surface area contributed by atoms with Crippen LogP contribution in [0.2, 0.25) is 0 Å². The Labute approximate surface area is 178 Å². The number of hydrogen-bond acceptors (Lipinski definition) is 2. The molecule has 0 radical (unpaired) electrons. The lowest BCUT2D eigenvalue weighted by atomic mass is 9.67. The first-order valence-corrected chi connectivity index (χ1v) is 11.9. The summed E-state index contributed by atoms with van der Waals surface area (Å²) in [5, 5.41) is 8.85. The first-order valence-electron chi connectivity index (χ1n) is 11.9. The zero-order valence-electron chi connectivity index (χ0n) is 18.5. The Bertz CT molecular complexity index is 667. The number of methoxy groups -OCH3 is 1. The van der Waals surface area contributed by atoms with Crippen molar-refractivity contribution in [2.24, 2.45) is 11.8 Å². The van der Waals surface area contributed by atoms with Crippen LogP contribution in [0.1, 0.15) is 94.6 Å². The second-order valence-corrected chi connectivity index (χ2v) is 9.38. The average molecular weight is 394 g/mol. The lowest BCUT2D eigenvalue weighted by Gasteiger charge is -2.41. The molecular weight excluding hydrogens is 354 g/mol. The van der Waals surface area contributed by atoms with Gasteiger partial charge in [0.1, 0.15) is 0 Å². The van der Waals surface area contributed by atoms with Crippen molar-refractivity contribution < 1.29 is 4.74 Å². The van der Waals surface area contributed by atoms with E-state index in [1.54, 1.807) is 18.7 Å². The van der Waals surface area contributed by atoms with Crippen LogP contribution in [-0.4, -0.2) is 12.7 Å². The first-order chi connectivity index (χ1) is 14.2. The van der Waals surface area contributed by atoms with Crippen molar-refractivity contribution in [3.8, 4) is 6.07 Å². The van der Waals surface area contributed by atoms with E-state index in [0.29, 0.717) is 0 Å². The largest absolute Gasteiger partial charge is 0.374 e. The molecule has 3 rings (SSSR count). The Morgan fingerprint density at radius 3 is 2.24 bits per heavy atom. The Kier molecular flexibility index (Phi) is 8.37. The molecule has 1 aromatic carbocycles. The van der Waals surface area contributed by atoms with Crippen LogP contribution in [0.4, 0.5) is 0 Å². The first kappa shape index (κ1) is 22.1. The minimum Gasteiger partial charge on any atom is -0.374 e. The molecule has 0 saturated heterocycles. The third-order valence-corrected chi connectivity index (χ3v) is 7.70. The van der Waals surface area contributed by atoms with Gasteiger partial charge < -0.3 is 4.74 Å². The third-order valence-electron chi connectivity index (χ3n) is 7.70. The summed E-state index contributed by atoms with van der Waals surface area (Å²) in [5.74, 6) is 2.49. The molecule has 2 heteroatoms. The van der Waals surface area contributed by atoms with E-state index in [0.717, 1.165) is 30.6 Å². The van der Waals surface area contributed by atoms with Crippen molar-refractivity contribution in [1.29, 1.82) is 5.26 Å². The minimum absolute atomic E-state index is 0.192. The molecule has 0 spiro atoms. The molecule has 0 heterocycles. The average Bonchev–Trinajstić information content (AvgIpc) is 2.79.